The van der Waals surface area contributed by atoms with Gasteiger partial charge in [-0.05, 0) is 29.2 Å². The molecule has 0 aliphatic rings. The van der Waals surface area contributed by atoms with E-state index in [1.165, 1.54) is 23.6 Å². The molecular weight excluding hydrogens is 295 g/mol. The van der Waals surface area contributed by atoms with Gasteiger partial charge >= 0.3 is 5.97 Å². The molecule has 0 unspecified atom stereocenters. The predicted octanol–water partition coefficient (Wildman–Crippen LogP) is 2.31. The Morgan fingerprint density at radius 1 is 1.43 bits per heavy atom. The lowest BCUT2D eigenvalue weighted by atomic mass is 10.2. The van der Waals surface area contributed by atoms with Gasteiger partial charge in [-0.1, -0.05) is 0 Å². The Labute approximate surface area is 123 Å². The van der Waals surface area contributed by atoms with Gasteiger partial charge in [0.15, 0.2) is 0 Å². The molecule has 1 amide bonds. The number of pyridine rings is 1. The van der Waals surface area contributed by atoms with Crippen LogP contribution in [0.15, 0.2) is 36.0 Å². The van der Waals surface area contributed by atoms with Crippen LogP contribution in [-0.4, -0.2) is 22.0 Å². The number of hydrogen-bond donors (Lipinski definition) is 2. The van der Waals surface area contributed by atoms with Crippen LogP contribution in [0, 0.1) is 5.82 Å². The summed E-state index contributed by atoms with van der Waals surface area (Å²) in [7, 11) is 0. The molecule has 0 saturated carbocycles. The lowest BCUT2D eigenvalue weighted by molar-refractivity contribution is -0.131. The third kappa shape index (κ3) is 4.22. The summed E-state index contributed by atoms with van der Waals surface area (Å²) in [5.41, 5.74) is 0.856. The van der Waals surface area contributed by atoms with Crippen LogP contribution in [0.5, 0.6) is 0 Å². The Balaban J connectivity index is 2.02. The molecule has 0 aliphatic heterocycles. The molecule has 21 heavy (non-hydrogen) atoms. The third-order valence-corrected chi connectivity index (χ3v) is 3.50. The minimum Gasteiger partial charge on any atom is -0.478 e. The van der Waals surface area contributed by atoms with Gasteiger partial charge in [0, 0.05) is 17.2 Å². The number of hydrogen-bond acceptors (Lipinski definition) is 4. The van der Waals surface area contributed by atoms with Gasteiger partial charge in [-0.2, -0.15) is 0 Å². The summed E-state index contributed by atoms with van der Waals surface area (Å²) in [5, 5.41) is 13.0. The van der Waals surface area contributed by atoms with Crippen molar-refractivity contribution in [1.82, 2.24) is 10.3 Å². The number of rotatable bonds is 5. The fourth-order valence-corrected chi connectivity index (χ4v) is 2.41. The minimum atomic E-state index is -1.04. The molecule has 2 aromatic heterocycles. The Bertz CT molecular complexity index is 697. The van der Waals surface area contributed by atoms with Crippen molar-refractivity contribution < 1.29 is 19.1 Å². The first kappa shape index (κ1) is 14.9. The van der Waals surface area contributed by atoms with Crippen LogP contribution < -0.4 is 5.32 Å². The van der Waals surface area contributed by atoms with Crippen LogP contribution in [0.2, 0.25) is 0 Å². The summed E-state index contributed by atoms with van der Waals surface area (Å²) in [4.78, 5) is 26.8. The number of amides is 1. The van der Waals surface area contributed by atoms with Gasteiger partial charge in [-0.25, -0.2) is 9.18 Å². The number of carboxylic acid groups (broad SMARTS) is 1. The SMILES string of the molecule is O=C(O)/C=C/c1ccsc1CNC(=O)c1cncc(F)c1. The zero-order valence-electron chi connectivity index (χ0n) is 10.7. The van der Waals surface area contributed by atoms with Crippen LogP contribution in [0.25, 0.3) is 6.08 Å². The average Bonchev–Trinajstić information content (AvgIpc) is 2.90. The maximum absolute atomic E-state index is 13.0. The van der Waals surface area contributed by atoms with Gasteiger partial charge in [-0.15, -0.1) is 11.3 Å². The topological polar surface area (TPSA) is 79.3 Å². The zero-order valence-corrected chi connectivity index (χ0v) is 11.6. The molecule has 7 heteroatoms. The monoisotopic (exact) mass is 306 g/mol. The number of carbonyl (C=O) groups excluding carboxylic acids is 1. The standard InChI is InChI=1S/C14H11FN2O3S/c15-11-5-10(6-16-7-11)14(20)17-8-12-9(3-4-21-12)1-2-13(18)19/h1-7H,8H2,(H,17,20)(H,18,19)/b2-1+. The van der Waals surface area contributed by atoms with Gasteiger partial charge in [0.2, 0.25) is 0 Å². The molecule has 0 fully saturated rings. The van der Waals surface area contributed by atoms with E-state index in [2.05, 4.69) is 10.3 Å². The number of carbonyl (C=O) groups is 2. The highest BCUT2D eigenvalue weighted by molar-refractivity contribution is 7.10. The van der Waals surface area contributed by atoms with Crippen molar-refractivity contribution >= 4 is 29.3 Å². The summed E-state index contributed by atoms with van der Waals surface area (Å²) >= 11 is 1.39. The first-order valence-corrected chi connectivity index (χ1v) is 6.80. The van der Waals surface area contributed by atoms with Gasteiger partial charge < -0.3 is 10.4 Å². The van der Waals surface area contributed by atoms with E-state index >= 15 is 0 Å². The molecule has 0 atom stereocenters. The Hall–Kier alpha value is -2.54. The van der Waals surface area contributed by atoms with E-state index in [1.54, 1.807) is 11.4 Å². The number of nitrogens with zero attached hydrogens (tertiary/aromatic N) is 1. The molecule has 2 heterocycles. The lowest BCUT2D eigenvalue weighted by Crippen LogP contribution is -2.22. The van der Waals surface area contributed by atoms with E-state index in [0.717, 1.165) is 28.8 Å². The van der Waals surface area contributed by atoms with Crippen molar-refractivity contribution in [2.75, 3.05) is 0 Å². The number of carboxylic acids is 1. The highest BCUT2D eigenvalue weighted by Crippen LogP contribution is 2.18. The minimum absolute atomic E-state index is 0.134. The summed E-state index contributed by atoms with van der Waals surface area (Å²) in [6.45, 7) is 0.228. The van der Waals surface area contributed by atoms with Gasteiger partial charge in [0.25, 0.3) is 5.91 Å². The number of aliphatic carboxylic acids is 1. The van der Waals surface area contributed by atoms with Crippen LogP contribution in [0.1, 0.15) is 20.8 Å². The van der Waals surface area contributed by atoms with Gasteiger partial charge in [0.1, 0.15) is 5.82 Å². The number of thiophene rings is 1. The fourth-order valence-electron chi connectivity index (χ4n) is 1.60. The van der Waals surface area contributed by atoms with Gasteiger partial charge in [-0.3, -0.25) is 9.78 Å². The first-order chi connectivity index (χ1) is 10.1. The smallest absolute Gasteiger partial charge is 0.328 e. The van der Waals surface area contributed by atoms with E-state index in [-0.39, 0.29) is 12.1 Å². The van der Waals surface area contributed by atoms with E-state index < -0.39 is 17.7 Å². The number of aromatic nitrogens is 1. The number of halogens is 1. The van der Waals surface area contributed by atoms with Crippen molar-refractivity contribution in [1.29, 1.82) is 0 Å². The molecule has 0 saturated heterocycles. The molecule has 0 aliphatic carbocycles. The molecule has 2 aromatic rings. The van der Waals surface area contributed by atoms with Crippen molar-refractivity contribution in [2.24, 2.45) is 0 Å². The third-order valence-electron chi connectivity index (χ3n) is 2.56. The lowest BCUT2D eigenvalue weighted by Gasteiger charge is -2.04. The second-order valence-corrected chi connectivity index (χ2v) is 5.05. The van der Waals surface area contributed by atoms with Crippen molar-refractivity contribution in [2.45, 2.75) is 6.54 Å². The molecule has 108 valence electrons. The van der Waals surface area contributed by atoms with Crippen molar-refractivity contribution in [3.8, 4) is 0 Å². The zero-order chi connectivity index (χ0) is 15.2. The van der Waals surface area contributed by atoms with Crippen molar-refractivity contribution in [3.05, 3.63) is 57.8 Å². The summed E-state index contributed by atoms with van der Waals surface area (Å²) in [6, 6.07) is 2.86. The summed E-state index contributed by atoms with van der Waals surface area (Å²) in [5.74, 6) is -2.06. The predicted molar refractivity (Wildman–Crippen MR) is 76.4 cm³/mol. The molecule has 0 bridgehead atoms. The van der Waals surface area contributed by atoms with Crippen LogP contribution in [-0.2, 0) is 11.3 Å². The molecule has 0 spiro atoms. The van der Waals surface area contributed by atoms with Crippen LogP contribution in [0.3, 0.4) is 0 Å². The van der Waals surface area contributed by atoms with E-state index in [0.29, 0.717) is 0 Å². The molecular formula is C14H11FN2O3S. The fraction of sp³-hybridized carbons (Fsp3) is 0.0714. The first-order valence-electron chi connectivity index (χ1n) is 5.92. The second-order valence-electron chi connectivity index (χ2n) is 4.05. The Morgan fingerprint density at radius 3 is 2.95 bits per heavy atom. The average molecular weight is 306 g/mol. The maximum atomic E-state index is 13.0. The quantitative estimate of drug-likeness (QED) is 0.831. The molecule has 5 nitrogen and oxygen atoms in total. The van der Waals surface area contributed by atoms with Crippen molar-refractivity contribution in [3.63, 3.8) is 0 Å². The van der Waals surface area contributed by atoms with E-state index in [9.17, 15) is 14.0 Å². The highest BCUT2D eigenvalue weighted by Gasteiger charge is 2.09. The number of nitrogens with one attached hydrogen (secondary N) is 1. The van der Waals surface area contributed by atoms with Gasteiger partial charge in [0.05, 0.1) is 18.3 Å². The maximum Gasteiger partial charge on any atom is 0.328 e. The normalized spacial score (nSPS) is 10.7. The highest BCUT2D eigenvalue weighted by atomic mass is 32.1. The summed E-state index contributed by atoms with van der Waals surface area (Å²) < 4.78 is 13.0. The molecule has 0 aromatic carbocycles. The second kappa shape index (κ2) is 6.76. The summed E-state index contributed by atoms with van der Waals surface area (Å²) in [6.07, 6.45) is 4.79. The van der Waals surface area contributed by atoms with Crippen LogP contribution >= 0.6 is 11.3 Å². The Kier molecular flexibility index (Phi) is 4.78. The Morgan fingerprint density at radius 2 is 2.24 bits per heavy atom. The van der Waals surface area contributed by atoms with Crippen LogP contribution in [0.4, 0.5) is 4.39 Å². The molecule has 2 rings (SSSR count). The molecule has 0 radical (unpaired) electrons. The van der Waals surface area contributed by atoms with E-state index in [4.69, 9.17) is 5.11 Å². The largest absolute Gasteiger partial charge is 0.478 e. The van der Waals surface area contributed by atoms with E-state index in [1.807, 2.05) is 0 Å². The molecule has 2 N–H and O–H groups in total.